The lowest BCUT2D eigenvalue weighted by atomic mass is 10.2. The minimum Gasteiger partial charge on any atom is -0.477 e. The van der Waals surface area contributed by atoms with Gasteiger partial charge in [-0.05, 0) is 18.1 Å². The van der Waals surface area contributed by atoms with Gasteiger partial charge in [-0.3, -0.25) is 0 Å². The highest BCUT2D eigenvalue weighted by molar-refractivity contribution is 6.17. The molecule has 1 N–H and O–H groups in total. The molecule has 0 saturated heterocycles. The summed E-state index contributed by atoms with van der Waals surface area (Å²) < 4.78 is 0. The van der Waals surface area contributed by atoms with Crippen LogP contribution in [0.1, 0.15) is 22.5 Å². The Labute approximate surface area is 87.0 Å². The van der Waals surface area contributed by atoms with Gasteiger partial charge in [0, 0.05) is 12.1 Å². The second-order valence-electron chi connectivity index (χ2n) is 2.66. The fourth-order valence-corrected chi connectivity index (χ4v) is 1.04. The average molecular weight is 212 g/mol. The number of aromatic nitrogens is 1. The molecule has 0 amide bonds. The number of nitrogens with zero attached hydrogens (tertiary/aromatic N) is 1. The highest BCUT2D eigenvalue weighted by atomic mass is 35.5. The predicted molar refractivity (Wildman–Crippen MR) is 55.6 cm³/mol. The van der Waals surface area contributed by atoms with E-state index >= 15 is 0 Å². The maximum absolute atomic E-state index is 10.5. The third-order valence-electron chi connectivity index (χ3n) is 1.59. The van der Waals surface area contributed by atoms with Crippen LogP contribution < -0.4 is 0 Å². The molecule has 1 heterocycles. The van der Waals surface area contributed by atoms with E-state index < -0.39 is 5.97 Å². The van der Waals surface area contributed by atoms with E-state index in [0.717, 1.165) is 12.0 Å². The second kappa shape index (κ2) is 5.40. The van der Waals surface area contributed by atoms with Gasteiger partial charge >= 0.3 is 5.97 Å². The Bertz CT molecular complexity index is 332. The lowest BCUT2D eigenvalue weighted by Crippen LogP contribution is -1.98. The predicted octanol–water partition coefficient (Wildman–Crippen LogP) is 2.42. The molecule has 14 heavy (non-hydrogen) atoms. The van der Waals surface area contributed by atoms with E-state index in [4.69, 9.17) is 16.7 Å². The monoisotopic (exact) mass is 211 g/mol. The molecule has 3 nitrogen and oxygen atoms in total. The molecule has 0 unspecified atom stereocenters. The summed E-state index contributed by atoms with van der Waals surface area (Å²) in [7, 11) is 0. The first-order chi connectivity index (χ1) is 6.74. The molecular weight excluding hydrogens is 202 g/mol. The van der Waals surface area contributed by atoms with Crippen LogP contribution in [0.25, 0.3) is 6.08 Å². The highest BCUT2D eigenvalue weighted by Crippen LogP contribution is 2.03. The third-order valence-corrected chi connectivity index (χ3v) is 1.81. The first kappa shape index (κ1) is 10.7. The fourth-order valence-electron chi connectivity index (χ4n) is 0.913. The standard InChI is InChI=1S/C10H10ClNO2/c11-6-2-1-3-8-4-5-9(10(13)14)12-7-8/h1,3-5,7H,2,6H2,(H,13,14). The van der Waals surface area contributed by atoms with Crippen molar-refractivity contribution in [3.05, 3.63) is 35.7 Å². The van der Waals surface area contributed by atoms with Gasteiger partial charge < -0.3 is 5.11 Å². The normalized spacial score (nSPS) is 10.6. The summed E-state index contributed by atoms with van der Waals surface area (Å²) in [5.74, 6) is -0.432. The Morgan fingerprint density at radius 3 is 2.86 bits per heavy atom. The lowest BCUT2D eigenvalue weighted by molar-refractivity contribution is 0.0690. The van der Waals surface area contributed by atoms with Crippen molar-refractivity contribution in [3.63, 3.8) is 0 Å². The van der Waals surface area contributed by atoms with E-state index in [1.807, 2.05) is 12.2 Å². The number of halogens is 1. The van der Waals surface area contributed by atoms with Gasteiger partial charge in [-0.15, -0.1) is 11.6 Å². The van der Waals surface area contributed by atoms with Gasteiger partial charge in [0.05, 0.1) is 0 Å². The van der Waals surface area contributed by atoms with Crippen LogP contribution >= 0.6 is 11.6 Å². The fraction of sp³-hybridized carbons (Fsp3) is 0.200. The zero-order valence-corrected chi connectivity index (χ0v) is 8.24. The quantitative estimate of drug-likeness (QED) is 0.779. The Morgan fingerprint density at radius 1 is 1.57 bits per heavy atom. The van der Waals surface area contributed by atoms with Gasteiger partial charge in [0.2, 0.25) is 0 Å². The molecule has 1 rings (SSSR count). The number of allylic oxidation sites excluding steroid dienone is 1. The second-order valence-corrected chi connectivity index (χ2v) is 3.04. The zero-order chi connectivity index (χ0) is 10.4. The van der Waals surface area contributed by atoms with Gasteiger partial charge in [-0.2, -0.15) is 0 Å². The van der Waals surface area contributed by atoms with E-state index in [0.29, 0.717) is 5.88 Å². The molecule has 0 saturated carbocycles. The highest BCUT2D eigenvalue weighted by Gasteiger charge is 2.01. The van der Waals surface area contributed by atoms with E-state index in [2.05, 4.69) is 4.98 Å². The van der Waals surface area contributed by atoms with Crippen molar-refractivity contribution in [1.82, 2.24) is 4.98 Å². The molecule has 0 fully saturated rings. The van der Waals surface area contributed by atoms with Gasteiger partial charge in [-0.25, -0.2) is 9.78 Å². The molecule has 0 aliphatic heterocycles. The maximum atomic E-state index is 10.5. The smallest absolute Gasteiger partial charge is 0.354 e. The summed E-state index contributed by atoms with van der Waals surface area (Å²) in [6.45, 7) is 0. The van der Waals surface area contributed by atoms with Crippen molar-refractivity contribution in [2.45, 2.75) is 6.42 Å². The summed E-state index contributed by atoms with van der Waals surface area (Å²) >= 11 is 5.49. The Hall–Kier alpha value is -1.35. The number of carbonyl (C=O) groups is 1. The molecule has 0 bridgehead atoms. The Kier molecular flexibility index (Phi) is 4.13. The van der Waals surface area contributed by atoms with Gasteiger partial charge in [0.25, 0.3) is 0 Å². The number of aromatic carboxylic acids is 1. The Morgan fingerprint density at radius 2 is 2.36 bits per heavy atom. The Balaban J connectivity index is 2.68. The molecule has 0 aliphatic rings. The van der Waals surface area contributed by atoms with Crippen LogP contribution in [-0.2, 0) is 0 Å². The van der Waals surface area contributed by atoms with E-state index in [-0.39, 0.29) is 5.69 Å². The number of pyridine rings is 1. The van der Waals surface area contributed by atoms with Crippen LogP contribution in [0, 0.1) is 0 Å². The third kappa shape index (κ3) is 3.18. The lowest BCUT2D eigenvalue weighted by Gasteiger charge is -1.94. The van der Waals surface area contributed by atoms with Crippen LogP contribution in [0.4, 0.5) is 0 Å². The average Bonchev–Trinajstić information content (AvgIpc) is 2.19. The molecule has 1 aromatic heterocycles. The molecule has 74 valence electrons. The maximum Gasteiger partial charge on any atom is 0.354 e. The van der Waals surface area contributed by atoms with Crippen LogP contribution in [0.5, 0.6) is 0 Å². The number of rotatable bonds is 4. The molecule has 1 aromatic rings. The van der Waals surface area contributed by atoms with Crippen molar-refractivity contribution in [1.29, 1.82) is 0 Å². The molecule has 0 aliphatic carbocycles. The van der Waals surface area contributed by atoms with Gasteiger partial charge in [-0.1, -0.05) is 18.2 Å². The number of alkyl halides is 1. The van der Waals surface area contributed by atoms with Crippen molar-refractivity contribution in [2.75, 3.05) is 5.88 Å². The number of carboxylic acid groups (broad SMARTS) is 1. The van der Waals surface area contributed by atoms with Crippen molar-refractivity contribution >= 4 is 23.6 Å². The summed E-state index contributed by atoms with van der Waals surface area (Å²) in [4.78, 5) is 14.2. The number of hydrogen-bond donors (Lipinski definition) is 1. The van der Waals surface area contributed by atoms with Crippen molar-refractivity contribution in [3.8, 4) is 0 Å². The number of hydrogen-bond acceptors (Lipinski definition) is 2. The van der Waals surface area contributed by atoms with Gasteiger partial charge in [0.15, 0.2) is 0 Å². The molecule has 0 radical (unpaired) electrons. The van der Waals surface area contributed by atoms with Gasteiger partial charge in [0.1, 0.15) is 5.69 Å². The van der Waals surface area contributed by atoms with Crippen LogP contribution in [-0.4, -0.2) is 21.9 Å². The van der Waals surface area contributed by atoms with Crippen LogP contribution in [0.15, 0.2) is 24.4 Å². The largest absolute Gasteiger partial charge is 0.477 e. The summed E-state index contributed by atoms with van der Waals surface area (Å²) in [6.07, 6.45) is 6.10. The topological polar surface area (TPSA) is 50.2 Å². The van der Waals surface area contributed by atoms with Crippen molar-refractivity contribution in [2.24, 2.45) is 0 Å². The number of carboxylic acids is 1. The molecule has 0 spiro atoms. The minimum absolute atomic E-state index is 0.0551. The van der Waals surface area contributed by atoms with Crippen molar-refractivity contribution < 1.29 is 9.90 Å². The molecule has 0 aromatic carbocycles. The van der Waals surface area contributed by atoms with Crippen LogP contribution in [0.3, 0.4) is 0 Å². The first-order valence-corrected chi connectivity index (χ1v) is 4.69. The molecule has 4 heteroatoms. The van der Waals surface area contributed by atoms with E-state index in [1.165, 1.54) is 12.3 Å². The molecular formula is C10H10ClNO2. The van der Waals surface area contributed by atoms with Crippen LogP contribution in [0.2, 0.25) is 0 Å². The summed E-state index contributed by atoms with van der Waals surface area (Å²) in [5.41, 5.74) is 0.930. The summed E-state index contributed by atoms with van der Waals surface area (Å²) in [6, 6.07) is 3.18. The molecule has 0 atom stereocenters. The summed E-state index contributed by atoms with van der Waals surface area (Å²) in [5, 5.41) is 8.59. The minimum atomic E-state index is -1.01. The first-order valence-electron chi connectivity index (χ1n) is 4.16. The zero-order valence-electron chi connectivity index (χ0n) is 7.48. The van der Waals surface area contributed by atoms with E-state index in [1.54, 1.807) is 6.07 Å². The SMILES string of the molecule is O=C(O)c1ccc(C=CCCCl)cn1. The van der Waals surface area contributed by atoms with E-state index in [9.17, 15) is 4.79 Å².